The Bertz CT molecular complexity index is 266. The monoisotopic (exact) mass is 285 g/mol. The topological polar surface area (TPSA) is 58.8 Å². The third kappa shape index (κ3) is 5.77. The molecule has 0 aromatic rings. The number of ether oxygens (including phenoxy) is 1. The van der Waals surface area contributed by atoms with Crippen molar-refractivity contribution in [3.63, 3.8) is 0 Å². The maximum absolute atomic E-state index is 12.1. The summed E-state index contributed by atoms with van der Waals surface area (Å²) in [4.78, 5) is 16.5. The molecule has 0 aliphatic carbocycles. The van der Waals surface area contributed by atoms with Crippen LogP contribution < -0.4 is 5.73 Å². The van der Waals surface area contributed by atoms with Gasteiger partial charge in [0.2, 0.25) is 5.91 Å². The van der Waals surface area contributed by atoms with Gasteiger partial charge in [-0.15, -0.1) is 0 Å². The molecule has 1 amide bonds. The van der Waals surface area contributed by atoms with Crippen LogP contribution in [0.5, 0.6) is 0 Å². The highest BCUT2D eigenvalue weighted by Crippen LogP contribution is 2.11. The smallest absolute Gasteiger partial charge is 0.222 e. The first-order valence-corrected chi connectivity index (χ1v) is 8.02. The number of nitrogens with two attached hydrogens (primary N) is 1. The van der Waals surface area contributed by atoms with E-state index in [2.05, 4.69) is 11.8 Å². The van der Waals surface area contributed by atoms with Crippen molar-refractivity contribution in [1.82, 2.24) is 9.80 Å². The third-order valence-electron chi connectivity index (χ3n) is 3.96. The lowest BCUT2D eigenvalue weighted by Crippen LogP contribution is -2.53. The molecule has 1 saturated heterocycles. The van der Waals surface area contributed by atoms with E-state index in [0.29, 0.717) is 19.1 Å². The molecule has 0 radical (unpaired) electrons. The number of nitrogens with zero attached hydrogens (tertiary/aromatic N) is 2. The lowest BCUT2D eigenvalue weighted by atomic mass is 10.1. The van der Waals surface area contributed by atoms with Gasteiger partial charge in [0, 0.05) is 58.4 Å². The first-order chi connectivity index (χ1) is 9.72. The van der Waals surface area contributed by atoms with Gasteiger partial charge in [-0.3, -0.25) is 9.69 Å². The lowest BCUT2D eigenvalue weighted by Gasteiger charge is -2.39. The highest BCUT2D eigenvalue weighted by molar-refractivity contribution is 5.76. The van der Waals surface area contributed by atoms with E-state index in [0.717, 1.165) is 52.2 Å². The summed E-state index contributed by atoms with van der Waals surface area (Å²) in [5, 5.41) is 0. The Morgan fingerprint density at radius 2 is 1.95 bits per heavy atom. The molecular formula is C15H31N3O2. The lowest BCUT2D eigenvalue weighted by molar-refractivity contribution is -0.133. The zero-order valence-electron chi connectivity index (χ0n) is 13.1. The van der Waals surface area contributed by atoms with Crippen LogP contribution in [0.4, 0.5) is 0 Å². The van der Waals surface area contributed by atoms with E-state index in [4.69, 9.17) is 10.5 Å². The van der Waals surface area contributed by atoms with Crippen LogP contribution in [0.15, 0.2) is 0 Å². The molecule has 20 heavy (non-hydrogen) atoms. The molecular weight excluding hydrogens is 254 g/mol. The minimum atomic E-state index is 0.268. The summed E-state index contributed by atoms with van der Waals surface area (Å²) in [5.41, 5.74) is 5.84. The molecule has 0 bridgehead atoms. The van der Waals surface area contributed by atoms with Gasteiger partial charge in [-0.2, -0.15) is 0 Å². The first kappa shape index (κ1) is 17.4. The SMILES string of the molecule is CCCC(CN)N1CCN(C(=O)CCCOCC)CC1. The van der Waals surface area contributed by atoms with E-state index < -0.39 is 0 Å². The van der Waals surface area contributed by atoms with Gasteiger partial charge in [0.15, 0.2) is 0 Å². The number of piperazine rings is 1. The Morgan fingerprint density at radius 1 is 1.25 bits per heavy atom. The second-order valence-corrected chi connectivity index (χ2v) is 5.40. The molecule has 0 spiro atoms. The minimum Gasteiger partial charge on any atom is -0.382 e. The van der Waals surface area contributed by atoms with Crippen LogP contribution in [0.2, 0.25) is 0 Å². The van der Waals surface area contributed by atoms with Gasteiger partial charge in [-0.1, -0.05) is 13.3 Å². The molecule has 5 nitrogen and oxygen atoms in total. The molecule has 1 unspecified atom stereocenters. The van der Waals surface area contributed by atoms with Crippen molar-refractivity contribution in [3.05, 3.63) is 0 Å². The van der Waals surface area contributed by atoms with Gasteiger partial charge in [0.25, 0.3) is 0 Å². The standard InChI is InChI=1S/C15H31N3O2/c1-3-6-14(13-16)17-8-10-18(11-9-17)15(19)7-5-12-20-4-2/h14H,3-13,16H2,1-2H3. The quantitative estimate of drug-likeness (QED) is 0.644. The molecule has 0 saturated carbocycles. The van der Waals surface area contributed by atoms with Crippen molar-refractivity contribution in [2.24, 2.45) is 5.73 Å². The minimum absolute atomic E-state index is 0.268. The van der Waals surface area contributed by atoms with Crippen LogP contribution in [0.1, 0.15) is 39.5 Å². The first-order valence-electron chi connectivity index (χ1n) is 8.02. The Labute approximate surface area is 123 Å². The summed E-state index contributed by atoms with van der Waals surface area (Å²) in [7, 11) is 0. The van der Waals surface area contributed by atoms with E-state index in [9.17, 15) is 4.79 Å². The fourth-order valence-electron chi connectivity index (χ4n) is 2.75. The van der Waals surface area contributed by atoms with Crippen molar-refractivity contribution < 1.29 is 9.53 Å². The molecule has 1 aliphatic rings. The van der Waals surface area contributed by atoms with E-state index in [-0.39, 0.29) is 5.91 Å². The van der Waals surface area contributed by atoms with Crippen molar-refractivity contribution in [2.45, 2.75) is 45.6 Å². The van der Waals surface area contributed by atoms with Crippen LogP contribution in [0.3, 0.4) is 0 Å². The number of amides is 1. The van der Waals surface area contributed by atoms with E-state index in [1.54, 1.807) is 0 Å². The van der Waals surface area contributed by atoms with Gasteiger partial charge in [-0.05, 0) is 19.8 Å². The van der Waals surface area contributed by atoms with E-state index in [1.807, 2.05) is 11.8 Å². The average molecular weight is 285 g/mol. The van der Waals surface area contributed by atoms with E-state index in [1.165, 1.54) is 6.42 Å². The van der Waals surface area contributed by atoms with Crippen LogP contribution >= 0.6 is 0 Å². The maximum atomic E-state index is 12.1. The number of hydrogen-bond donors (Lipinski definition) is 1. The van der Waals surface area contributed by atoms with Gasteiger partial charge in [-0.25, -0.2) is 0 Å². The second kappa shape index (κ2) is 10.1. The molecule has 0 aromatic carbocycles. The molecule has 1 fully saturated rings. The van der Waals surface area contributed by atoms with Gasteiger partial charge in [0.05, 0.1) is 0 Å². The van der Waals surface area contributed by atoms with Crippen LogP contribution in [0, 0.1) is 0 Å². The fourth-order valence-corrected chi connectivity index (χ4v) is 2.75. The summed E-state index contributed by atoms with van der Waals surface area (Å²) in [5.74, 6) is 0.268. The second-order valence-electron chi connectivity index (χ2n) is 5.40. The Kier molecular flexibility index (Phi) is 8.82. The summed E-state index contributed by atoms with van der Waals surface area (Å²) >= 11 is 0. The largest absolute Gasteiger partial charge is 0.382 e. The molecule has 1 atom stereocenters. The zero-order valence-corrected chi connectivity index (χ0v) is 13.1. The van der Waals surface area contributed by atoms with Gasteiger partial charge < -0.3 is 15.4 Å². The summed E-state index contributed by atoms with van der Waals surface area (Å²) in [6.07, 6.45) is 3.75. The molecule has 0 aromatic heterocycles. The summed E-state index contributed by atoms with van der Waals surface area (Å²) in [6.45, 7) is 9.90. The third-order valence-corrected chi connectivity index (χ3v) is 3.96. The van der Waals surface area contributed by atoms with Crippen molar-refractivity contribution in [3.8, 4) is 0 Å². The van der Waals surface area contributed by atoms with Crippen LogP contribution in [0.25, 0.3) is 0 Å². The highest BCUT2D eigenvalue weighted by atomic mass is 16.5. The number of rotatable bonds is 9. The molecule has 2 N–H and O–H groups in total. The fraction of sp³-hybridized carbons (Fsp3) is 0.933. The number of carbonyl (C=O) groups excluding carboxylic acids is 1. The molecule has 1 aliphatic heterocycles. The predicted molar refractivity (Wildman–Crippen MR) is 81.6 cm³/mol. The molecule has 5 heteroatoms. The normalized spacial score (nSPS) is 18.2. The van der Waals surface area contributed by atoms with Crippen LogP contribution in [-0.4, -0.2) is 67.7 Å². The predicted octanol–water partition coefficient (Wildman–Crippen LogP) is 1.07. The Hall–Kier alpha value is -0.650. The molecule has 1 heterocycles. The molecule has 1 rings (SSSR count). The Morgan fingerprint density at radius 3 is 2.50 bits per heavy atom. The summed E-state index contributed by atoms with van der Waals surface area (Å²) in [6, 6.07) is 0.482. The molecule has 118 valence electrons. The zero-order chi connectivity index (χ0) is 14.8. The summed E-state index contributed by atoms with van der Waals surface area (Å²) < 4.78 is 5.27. The number of hydrogen-bond acceptors (Lipinski definition) is 4. The van der Waals surface area contributed by atoms with Crippen LogP contribution in [-0.2, 0) is 9.53 Å². The highest BCUT2D eigenvalue weighted by Gasteiger charge is 2.24. The number of carbonyl (C=O) groups is 1. The van der Waals surface area contributed by atoms with Crippen molar-refractivity contribution >= 4 is 5.91 Å². The van der Waals surface area contributed by atoms with Crippen molar-refractivity contribution in [2.75, 3.05) is 45.9 Å². The van der Waals surface area contributed by atoms with Gasteiger partial charge in [0.1, 0.15) is 0 Å². The van der Waals surface area contributed by atoms with Crippen molar-refractivity contribution in [1.29, 1.82) is 0 Å². The maximum Gasteiger partial charge on any atom is 0.222 e. The van der Waals surface area contributed by atoms with E-state index >= 15 is 0 Å². The van der Waals surface area contributed by atoms with Gasteiger partial charge >= 0.3 is 0 Å². The average Bonchev–Trinajstić information content (AvgIpc) is 2.49. The Balaban J connectivity index is 2.25.